The van der Waals surface area contributed by atoms with E-state index in [4.69, 9.17) is 8.94 Å². The Hall–Kier alpha value is -2.41. The molecule has 0 aliphatic carbocycles. The monoisotopic (exact) mass is 302 g/mol. The largest absolute Gasteiger partial charge is 0.466 e. The normalized spacial score (nSPS) is 13.5. The van der Waals surface area contributed by atoms with Crippen molar-refractivity contribution in [3.8, 4) is 0 Å². The number of imidazole rings is 1. The van der Waals surface area contributed by atoms with Crippen molar-refractivity contribution in [3.63, 3.8) is 0 Å². The highest BCUT2D eigenvalue weighted by atomic mass is 16.5. The number of hydrogen-bond donors (Lipinski definition) is 1. The number of hydrogen-bond acceptors (Lipinski definition) is 6. The third-order valence-corrected chi connectivity index (χ3v) is 3.25. The van der Waals surface area contributed by atoms with Crippen LogP contribution in [0.4, 0.5) is 0 Å². The molecule has 3 aromatic rings. The highest BCUT2D eigenvalue weighted by Crippen LogP contribution is 2.22. The van der Waals surface area contributed by atoms with Gasteiger partial charge in [0.15, 0.2) is 11.9 Å². The van der Waals surface area contributed by atoms with Gasteiger partial charge in [0.1, 0.15) is 18.1 Å². The first-order chi connectivity index (χ1) is 10.4. The van der Waals surface area contributed by atoms with Crippen molar-refractivity contribution in [2.75, 3.05) is 0 Å². The topological polar surface area (TPSA) is 90.1 Å². The van der Waals surface area contributed by atoms with E-state index in [1.807, 2.05) is 20.8 Å². The molecule has 116 valence electrons. The fourth-order valence-electron chi connectivity index (χ4n) is 2.05. The van der Waals surface area contributed by atoms with Crippen molar-refractivity contribution in [1.82, 2.24) is 19.7 Å². The van der Waals surface area contributed by atoms with E-state index in [0.29, 0.717) is 29.8 Å². The Morgan fingerprint density at radius 1 is 1.36 bits per heavy atom. The van der Waals surface area contributed by atoms with Gasteiger partial charge in [-0.1, -0.05) is 25.9 Å². The molecule has 0 fully saturated rings. The van der Waals surface area contributed by atoms with Crippen LogP contribution in [0.15, 0.2) is 39.7 Å². The maximum atomic E-state index is 10.3. The van der Waals surface area contributed by atoms with Crippen LogP contribution in [0.3, 0.4) is 0 Å². The maximum Gasteiger partial charge on any atom is 0.246 e. The SMILES string of the molecule is CC(C)(C)c1noc(Cn2ccnc2C(O)c2ccco2)n1. The minimum absolute atomic E-state index is 0.173. The van der Waals surface area contributed by atoms with Gasteiger partial charge >= 0.3 is 0 Å². The van der Waals surface area contributed by atoms with Gasteiger partial charge in [-0.3, -0.25) is 0 Å². The zero-order valence-electron chi connectivity index (χ0n) is 12.7. The average Bonchev–Trinajstić information content (AvgIpc) is 3.19. The molecule has 0 aliphatic heterocycles. The molecular weight excluding hydrogens is 284 g/mol. The molecule has 0 aliphatic rings. The second-order valence-electron chi connectivity index (χ2n) is 6.09. The maximum absolute atomic E-state index is 10.3. The van der Waals surface area contributed by atoms with Gasteiger partial charge < -0.3 is 18.6 Å². The summed E-state index contributed by atoms with van der Waals surface area (Å²) in [7, 11) is 0. The Labute approximate surface area is 127 Å². The summed E-state index contributed by atoms with van der Waals surface area (Å²) in [4.78, 5) is 8.58. The highest BCUT2D eigenvalue weighted by Gasteiger charge is 2.23. The van der Waals surface area contributed by atoms with Crippen LogP contribution in [0, 0.1) is 0 Å². The number of nitrogens with zero attached hydrogens (tertiary/aromatic N) is 4. The fourth-order valence-corrected chi connectivity index (χ4v) is 2.05. The molecule has 3 rings (SSSR count). The second kappa shape index (κ2) is 5.42. The van der Waals surface area contributed by atoms with Crippen LogP contribution in [-0.2, 0) is 12.0 Å². The van der Waals surface area contributed by atoms with Gasteiger partial charge in [-0.15, -0.1) is 0 Å². The van der Waals surface area contributed by atoms with Gasteiger partial charge in [-0.2, -0.15) is 4.98 Å². The smallest absolute Gasteiger partial charge is 0.246 e. The van der Waals surface area contributed by atoms with E-state index in [9.17, 15) is 5.11 Å². The molecule has 0 saturated heterocycles. The molecule has 1 unspecified atom stereocenters. The second-order valence-corrected chi connectivity index (χ2v) is 6.09. The van der Waals surface area contributed by atoms with Crippen molar-refractivity contribution >= 4 is 0 Å². The zero-order chi connectivity index (χ0) is 15.7. The number of aromatic nitrogens is 4. The molecule has 22 heavy (non-hydrogen) atoms. The summed E-state index contributed by atoms with van der Waals surface area (Å²) in [5.74, 6) is 2.02. The summed E-state index contributed by atoms with van der Waals surface area (Å²) >= 11 is 0. The van der Waals surface area contributed by atoms with Crippen molar-refractivity contribution in [1.29, 1.82) is 0 Å². The molecule has 3 aromatic heterocycles. The number of aliphatic hydroxyl groups excluding tert-OH is 1. The van der Waals surface area contributed by atoms with Gasteiger partial charge in [0.05, 0.1) is 6.26 Å². The van der Waals surface area contributed by atoms with Gasteiger partial charge in [0.25, 0.3) is 0 Å². The molecule has 0 bridgehead atoms. The van der Waals surface area contributed by atoms with Gasteiger partial charge in [-0.05, 0) is 12.1 Å². The molecule has 7 heteroatoms. The lowest BCUT2D eigenvalue weighted by molar-refractivity contribution is 0.175. The van der Waals surface area contributed by atoms with E-state index in [2.05, 4.69) is 15.1 Å². The molecule has 3 heterocycles. The van der Waals surface area contributed by atoms with Crippen LogP contribution >= 0.6 is 0 Å². The summed E-state index contributed by atoms with van der Waals surface area (Å²) in [6.45, 7) is 6.40. The van der Waals surface area contributed by atoms with E-state index in [0.717, 1.165) is 0 Å². The van der Waals surface area contributed by atoms with Crippen molar-refractivity contribution in [3.05, 3.63) is 54.1 Å². The Bertz CT molecular complexity index is 737. The molecular formula is C15H18N4O3. The third kappa shape index (κ3) is 2.80. The average molecular weight is 302 g/mol. The first-order valence-corrected chi connectivity index (χ1v) is 7.00. The summed E-state index contributed by atoms with van der Waals surface area (Å²) in [6.07, 6.45) is 3.94. The van der Waals surface area contributed by atoms with Gasteiger partial charge in [0, 0.05) is 17.8 Å². The zero-order valence-corrected chi connectivity index (χ0v) is 12.7. The summed E-state index contributed by atoms with van der Waals surface area (Å²) in [6, 6.07) is 3.42. The number of rotatable bonds is 4. The fraction of sp³-hybridized carbons (Fsp3) is 0.400. The van der Waals surface area contributed by atoms with Crippen LogP contribution in [0.1, 0.15) is 50.2 Å². The third-order valence-electron chi connectivity index (χ3n) is 3.25. The van der Waals surface area contributed by atoms with Gasteiger partial charge in [-0.25, -0.2) is 4.98 Å². The number of aliphatic hydroxyl groups is 1. The van der Waals surface area contributed by atoms with Crippen molar-refractivity contribution in [2.45, 2.75) is 38.8 Å². The molecule has 7 nitrogen and oxygen atoms in total. The van der Waals surface area contributed by atoms with Crippen molar-refractivity contribution in [2.24, 2.45) is 0 Å². The molecule has 0 spiro atoms. The molecule has 0 radical (unpaired) electrons. The van der Waals surface area contributed by atoms with E-state index < -0.39 is 6.10 Å². The lowest BCUT2D eigenvalue weighted by Crippen LogP contribution is -2.14. The standard InChI is InChI=1S/C15H18N4O3/c1-15(2,3)14-17-11(22-18-14)9-19-7-6-16-13(19)12(20)10-5-4-8-21-10/h4-8,12,20H,9H2,1-3H3. The summed E-state index contributed by atoms with van der Waals surface area (Å²) in [5.41, 5.74) is -0.173. The predicted molar refractivity (Wildman–Crippen MR) is 77.1 cm³/mol. The van der Waals surface area contributed by atoms with Crippen LogP contribution in [0.25, 0.3) is 0 Å². The molecule has 1 atom stereocenters. The van der Waals surface area contributed by atoms with Crippen molar-refractivity contribution < 1.29 is 14.0 Å². The van der Waals surface area contributed by atoms with E-state index >= 15 is 0 Å². The Kier molecular flexibility index (Phi) is 3.58. The first kappa shape index (κ1) is 14.5. The minimum atomic E-state index is -0.935. The van der Waals surface area contributed by atoms with Crippen LogP contribution in [0.2, 0.25) is 0 Å². The Morgan fingerprint density at radius 2 is 2.18 bits per heavy atom. The van der Waals surface area contributed by atoms with E-state index in [1.165, 1.54) is 6.26 Å². The minimum Gasteiger partial charge on any atom is -0.466 e. The Balaban J connectivity index is 1.82. The van der Waals surface area contributed by atoms with E-state index in [1.54, 1.807) is 29.1 Å². The van der Waals surface area contributed by atoms with Crippen LogP contribution in [0.5, 0.6) is 0 Å². The highest BCUT2D eigenvalue weighted by molar-refractivity contribution is 5.13. The van der Waals surface area contributed by atoms with Crippen LogP contribution in [-0.4, -0.2) is 24.8 Å². The molecule has 1 N–H and O–H groups in total. The summed E-state index contributed by atoms with van der Waals surface area (Å²) in [5, 5.41) is 14.3. The van der Waals surface area contributed by atoms with Gasteiger partial charge in [0.2, 0.25) is 5.89 Å². The molecule has 0 saturated carbocycles. The van der Waals surface area contributed by atoms with E-state index in [-0.39, 0.29) is 5.41 Å². The molecule has 0 amide bonds. The quantitative estimate of drug-likeness (QED) is 0.795. The lowest BCUT2D eigenvalue weighted by Gasteiger charge is -2.11. The first-order valence-electron chi connectivity index (χ1n) is 7.00. The summed E-state index contributed by atoms with van der Waals surface area (Å²) < 4.78 is 12.3. The van der Waals surface area contributed by atoms with Crippen LogP contribution < -0.4 is 0 Å². The predicted octanol–water partition coefficient (Wildman–Crippen LogP) is 2.29. The molecule has 0 aromatic carbocycles. The number of furan rings is 1. The lowest BCUT2D eigenvalue weighted by atomic mass is 9.96. The Morgan fingerprint density at radius 3 is 2.82 bits per heavy atom.